The molecule has 0 spiro atoms. The number of anilines is 1. The molecule has 0 aliphatic heterocycles. The number of nitrogen functional groups attached to an aromatic ring is 1. The molecule has 0 saturated heterocycles. The smallest absolute Gasteiger partial charge is 0.308 e. The first-order valence-electron chi connectivity index (χ1n) is 5.59. The van der Waals surface area contributed by atoms with Gasteiger partial charge in [0.2, 0.25) is 0 Å². The Kier molecular flexibility index (Phi) is 4.19. The second-order valence-corrected chi connectivity index (χ2v) is 5.02. The summed E-state index contributed by atoms with van der Waals surface area (Å²) in [6, 6.07) is 2.92. The summed E-state index contributed by atoms with van der Waals surface area (Å²) in [5, 5.41) is 0.154. The summed E-state index contributed by atoms with van der Waals surface area (Å²) >= 11 is 0.802. The fraction of sp³-hybridized carbons (Fsp3) is 0.182. The average molecular weight is 317 g/mol. The number of nitrogens with two attached hydrogens (primary N) is 1. The quantitative estimate of drug-likeness (QED) is 0.455. The molecule has 0 fully saturated rings. The van der Waals surface area contributed by atoms with Crippen LogP contribution < -0.4 is 16.8 Å². The van der Waals surface area contributed by atoms with E-state index >= 15 is 0 Å². The van der Waals surface area contributed by atoms with Crippen LogP contribution in [-0.4, -0.2) is 15.0 Å². The molecule has 6 nitrogen and oxygen atoms in total. The van der Waals surface area contributed by atoms with Crippen LogP contribution in [0.15, 0.2) is 33.2 Å². The number of pyridine rings is 1. The normalized spacial score (nSPS) is 11.5. The van der Waals surface area contributed by atoms with Gasteiger partial charge in [-0.15, -0.1) is 0 Å². The summed E-state index contributed by atoms with van der Waals surface area (Å²) in [5.41, 5.74) is 1.23. The van der Waals surface area contributed by atoms with Crippen molar-refractivity contribution in [1.82, 2.24) is 15.0 Å². The van der Waals surface area contributed by atoms with Crippen molar-refractivity contribution in [2.75, 3.05) is 5.43 Å². The molecule has 0 bridgehead atoms. The molecule has 0 amide bonds. The van der Waals surface area contributed by atoms with Crippen LogP contribution in [0.5, 0.6) is 0 Å². The van der Waals surface area contributed by atoms with Crippen LogP contribution in [0.2, 0.25) is 0 Å². The molecule has 2 heterocycles. The van der Waals surface area contributed by atoms with E-state index in [4.69, 9.17) is 5.84 Å². The lowest BCUT2D eigenvalue weighted by Gasteiger charge is -2.10. The Bertz CT molecular complexity index is 716. The predicted octanol–water partition coefficient (Wildman–Crippen LogP) is 1.93. The molecule has 0 aliphatic rings. The standard InChI is InChI=1S/C11H10F3N5OS/c1-5-2-8(20)18-10(16-5)21-9-4-6(11(12,13)14)3-7(17-9)19-15/h2-4H,15H2,1H3,(H,17,19)(H,16,18,20). The lowest BCUT2D eigenvalue weighted by Crippen LogP contribution is -2.13. The van der Waals surface area contributed by atoms with Gasteiger partial charge >= 0.3 is 6.18 Å². The summed E-state index contributed by atoms with van der Waals surface area (Å²) in [5.74, 6) is 4.97. The predicted molar refractivity (Wildman–Crippen MR) is 70.8 cm³/mol. The van der Waals surface area contributed by atoms with E-state index in [1.165, 1.54) is 6.07 Å². The first-order chi connectivity index (χ1) is 9.77. The maximum Gasteiger partial charge on any atom is 0.416 e. The van der Waals surface area contributed by atoms with Crippen molar-refractivity contribution >= 4 is 17.6 Å². The van der Waals surface area contributed by atoms with E-state index in [2.05, 4.69) is 20.4 Å². The number of nitrogens with one attached hydrogen (secondary N) is 2. The van der Waals surface area contributed by atoms with Crippen LogP contribution in [0.25, 0.3) is 0 Å². The lowest BCUT2D eigenvalue weighted by molar-refractivity contribution is -0.137. The number of H-pyrrole nitrogens is 1. The molecule has 0 unspecified atom stereocenters. The summed E-state index contributed by atoms with van der Waals surface area (Å²) in [4.78, 5) is 21.6. The monoisotopic (exact) mass is 317 g/mol. The van der Waals surface area contributed by atoms with E-state index < -0.39 is 17.3 Å². The second-order valence-electron chi connectivity index (χ2n) is 4.02. The van der Waals surface area contributed by atoms with Gasteiger partial charge in [0.05, 0.1) is 5.56 Å². The molecule has 0 radical (unpaired) electrons. The first-order valence-corrected chi connectivity index (χ1v) is 6.41. The van der Waals surface area contributed by atoms with Gasteiger partial charge in [-0.2, -0.15) is 13.2 Å². The van der Waals surface area contributed by atoms with Gasteiger partial charge in [0, 0.05) is 11.8 Å². The van der Waals surface area contributed by atoms with Crippen LogP contribution in [-0.2, 0) is 6.18 Å². The molecule has 10 heteroatoms. The van der Waals surface area contributed by atoms with Gasteiger partial charge in [-0.3, -0.25) is 4.79 Å². The molecular weight excluding hydrogens is 307 g/mol. The van der Waals surface area contributed by atoms with Crippen molar-refractivity contribution in [2.45, 2.75) is 23.3 Å². The topological polar surface area (TPSA) is 96.7 Å². The minimum absolute atomic E-state index is 0.00604. The van der Waals surface area contributed by atoms with E-state index in [0.29, 0.717) is 5.69 Å². The van der Waals surface area contributed by atoms with Crippen LogP contribution in [0.1, 0.15) is 11.3 Å². The van der Waals surface area contributed by atoms with Gasteiger partial charge in [0.1, 0.15) is 10.8 Å². The van der Waals surface area contributed by atoms with Crippen molar-refractivity contribution in [1.29, 1.82) is 0 Å². The van der Waals surface area contributed by atoms with Gasteiger partial charge in [-0.25, -0.2) is 15.8 Å². The van der Waals surface area contributed by atoms with Gasteiger partial charge in [-0.1, -0.05) is 0 Å². The molecular formula is C11H10F3N5OS. The number of rotatable bonds is 3. The van der Waals surface area contributed by atoms with E-state index in [9.17, 15) is 18.0 Å². The Morgan fingerprint density at radius 3 is 2.57 bits per heavy atom. The Balaban J connectivity index is 2.41. The third-order valence-corrected chi connectivity index (χ3v) is 3.13. The van der Waals surface area contributed by atoms with Crippen molar-refractivity contribution in [3.8, 4) is 0 Å². The van der Waals surface area contributed by atoms with Gasteiger partial charge in [0.15, 0.2) is 5.16 Å². The highest BCUT2D eigenvalue weighted by atomic mass is 32.2. The summed E-state index contributed by atoms with van der Waals surface area (Å²) in [7, 11) is 0. The fourth-order valence-electron chi connectivity index (χ4n) is 1.49. The highest BCUT2D eigenvalue weighted by molar-refractivity contribution is 7.99. The third-order valence-electron chi connectivity index (χ3n) is 2.33. The Hall–Kier alpha value is -2.07. The van der Waals surface area contributed by atoms with Gasteiger partial charge in [0.25, 0.3) is 5.56 Å². The number of hydrazine groups is 1. The Morgan fingerprint density at radius 1 is 1.29 bits per heavy atom. The molecule has 21 heavy (non-hydrogen) atoms. The van der Waals surface area contributed by atoms with E-state index in [0.717, 1.165) is 23.9 Å². The molecule has 0 atom stereocenters. The average Bonchev–Trinajstić information content (AvgIpc) is 2.36. The molecule has 0 aromatic carbocycles. The molecule has 2 rings (SSSR count). The van der Waals surface area contributed by atoms with Crippen molar-refractivity contribution in [3.63, 3.8) is 0 Å². The molecule has 2 aromatic heterocycles. The highest BCUT2D eigenvalue weighted by Gasteiger charge is 2.31. The molecule has 4 N–H and O–H groups in total. The Morgan fingerprint density at radius 2 is 2.00 bits per heavy atom. The highest BCUT2D eigenvalue weighted by Crippen LogP contribution is 2.34. The molecule has 2 aromatic rings. The van der Waals surface area contributed by atoms with Gasteiger partial charge in [-0.05, 0) is 30.8 Å². The number of nitrogens with zero attached hydrogens (tertiary/aromatic N) is 2. The zero-order chi connectivity index (χ0) is 15.6. The largest absolute Gasteiger partial charge is 0.416 e. The minimum Gasteiger partial charge on any atom is -0.308 e. The molecule has 0 aliphatic carbocycles. The van der Waals surface area contributed by atoms with Crippen LogP contribution in [0, 0.1) is 6.92 Å². The zero-order valence-corrected chi connectivity index (χ0v) is 11.5. The van der Waals surface area contributed by atoms with Crippen molar-refractivity contribution in [3.05, 3.63) is 39.8 Å². The first kappa shape index (κ1) is 15.3. The molecule has 112 valence electrons. The van der Waals surface area contributed by atoms with E-state index in [1.807, 2.05) is 0 Å². The summed E-state index contributed by atoms with van der Waals surface area (Å²) < 4.78 is 38.3. The van der Waals surface area contributed by atoms with Crippen molar-refractivity contribution in [2.24, 2.45) is 5.84 Å². The second kappa shape index (κ2) is 5.74. The van der Waals surface area contributed by atoms with E-state index in [1.54, 1.807) is 6.92 Å². The number of alkyl halides is 3. The fourth-order valence-corrected chi connectivity index (χ4v) is 2.36. The van der Waals surface area contributed by atoms with Crippen molar-refractivity contribution < 1.29 is 13.2 Å². The number of aromatic amines is 1. The Labute approximate surface area is 121 Å². The minimum atomic E-state index is -4.53. The maximum absolute atomic E-state index is 12.8. The third kappa shape index (κ3) is 3.95. The molecule has 0 saturated carbocycles. The maximum atomic E-state index is 12.8. The number of halogens is 3. The SMILES string of the molecule is Cc1cc(=O)[nH]c(Sc2cc(C(F)(F)F)cc(NN)n2)n1. The summed E-state index contributed by atoms with van der Waals surface area (Å²) in [6.45, 7) is 1.60. The number of aryl methyl sites for hydroxylation is 1. The zero-order valence-electron chi connectivity index (χ0n) is 10.7. The number of hydrogen-bond acceptors (Lipinski definition) is 6. The lowest BCUT2D eigenvalue weighted by atomic mass is 10.2. The summed E-state index contributed by atoms with van der Waals surface area (Å²) in [6.07, 6.45) is -4.53. The number of hydrogen-bond donors (Lipinski definition) is 3. The van der Waals surface area contributed by atoms with Crippen LogP contribution in [0.3, 0.4) is 0 Å². The van der Waals surface area contributed by atoms with Gasteiger partial charge < -0.3 is 10.4 Å². The van der Waals surface area contributed by atoms with Crippen LogP contribution in [0.4, 0.5) is 19.0 Å². The van der Waals surface area contributed by atoms with Crippen LogP contribution >= 0.6 is 11.8 Å². The number of aromatic nitrogens is 3. The van der Waals surface area contributed by atoms with E-state index in [-0.39, 0.29) is 16.0 Å².